The van der Waals surface area contributed by atoms with E-state index in [2.05, 4.69) is 51.6 Å². The van der Waals surface area contributed by atoms with Gasteiger partial charge < -0.3 is 15.1 Å². The summed E-state index contributed by atoms with van der Waals surface area (Å²) in [6, 6.07) is 18.6. The van der Waals surface area contributed by atoms with E-state index in [1.54, 1.807) is 0 Å². The van der Waals surface area contributed by atoms with Gasteiger partial charge in [-0.3, -0.25) is 9.79 Å². The molecule has 0 atom stereocenters. The molecule has 4 rings (SSSR count). The number of benzene rings is 2. The molecule has 0 saturated carbocycles. The number of aliphatic imine (C=N–C) groups is 1. The lowest BCUT2D eigenvalue weighted by Gasteiger charge is -2.30. The molecule has 5 nitrogen and oxygen atoms in total. The molecule has 2 aliphatic heterocycles. The van der Waals surface area contributed by atoms with E-state index in [0.29, 0.717) is 19.5 Å². The standard InChI is InChI=1S/C23H26N4O/c1-24-23(26-14-11-19(12-15-26)18-7-3-2-4-8-18)25-13-16-27-21-10-6-5-9-20(21)17-22(27)28/h2-11H,12-17H2,1H3,(H,24,25). The summed E-state index contributed by atoms with van der Waals surface area (Å²) in [5.74, 6) is 1.06. The van der Waals surface area contributed by atoms with E-state index in [0.717, 1.165) is 36.7 Å². The van der Waals surface area contributed by atoms with Crippen molar-refractivity contribution in [2.24, 2.45) is 4.99 Å². The monoisotopic (exact) mass is 374 g/mol. The third-order valence-corrected chi connectivity index (χ3v) is 5.41. The maximum Gasteiger partial charge on any atom is 0.231 e. The molecular formula is C23H26N4O. The van der Waals surface area contributed by atoms with Crippen molar-refractivity contribution in [1.29, 1.82) is 0 Å². The van der Waals surface area contributed by atoms with Crippen LogP contribution < -0.4 is 10.2 Å². The highest BCUT2D eigenvalue weighted by Crippen LogP contribution is 2.27. The van der Waals surface area contributed by atoms with Crippen molar-refractivity contribution in [3.8, 4) is 0 Å². The Hall–Kier alpha value is -3.08. The van der Waals surface area contributed by atoms with Gasteiger partial charge in [-0.05, 0) is 29.2 Å². The molecule has 2 aromatic carbocycles. The molecule has 2 aromatic rings. The van der Waals surface area contributed by atoms with Gasteiger partial charge in [-0.2, -0.15) is 0 Å². The summed E-state index contributed by atoms with van der Waals surface area (Å²) in [5, 5.41) is 3.42. The van der Waals surface area contributed by atoms with Gasteiger partial charge >= 0.3 is 0 Å². The molecular weight excluding hydrogens is 348 g/mol. The van der Waals surface area contributed by atoms with Crippen LogP contribution in [0.25, 0.3) is 5.57 Å². The van der Waals surface area contributed by atoms with Gasteiger partial charge in [-0.15, -0.1) is 0 Å². The highest BCUT2D eigenvalue weighted by Gasteiger charge is 2.26. The number of hydrogen-bond acceptors (Lipinski definition) is 2. The van der Waals surface area contributed by atoms with Gasteiger partial charge in [0.15, 0.2) is 5.96 Å². The van der Waals surface area contributed by atoms with Crippen LogP contribution in [-0.2, 0) is 11.2 Å². The lowest BCUT2D eigenvalue weighted by molar-refractivity contribution is -0.117. The number of hydrogen-bond donors (Lipinski definition) is 1. The summed E-state index contributed by atoms with van der Waals surface area (Å²) in [7, 11) is 1.81. The first-order chi connectivity index (χ1) is 13.8. The molecule has 0 aliphatic carbocycles. The summed E-state index contributed by atoms with van der Waals surface area (Å²) in [6.07, 6.45) is 3.79. The van der Waals surface area contributed by atoms with Crippen LogP contribution in [0.15, 0.2) is 65.7 Å². The van der Waals surface area contributed by atoms with Crippen LogP contribution in [0.4, 0.5) is 5.69 Å². The zero-order valence-electron chi connectivity index (χ0n) is 16.3. The Balaban J connectivity index is 1.33. The van der Waals surface area contributed by atoms with E-state index >= 15 is 0 Å². The second-order valence-corrected chi connectivity index (χ2v) is 7.12. The molecule has 144 valence electrons. The number of rotatable bonds is 4. The van der Waals surface area contributed by atoms with Crippen molar-refractivity contribution in [2.45, 2.75) is 12.8 Å². The van der Waals surface area contributed by atoms with E-state index in [-0.39, 0.29) is 5.91 Å². The zero-order chi connectivity index (χ0) is 19.3. The lowest BCUT2D eigenvalue weighted by atomic mass is 10.00. The molecule has 28 heavy (non-hydrogen) atoms. The molecule has 2 heterocycles. The number of para-hydroxylation sites is 1. The summed E-state index contributed by atoms with van der Waals surface area (Å²) >= 11 is 0. The maximum atomic E-state index is 12.3. The summed E-state index contributed by atoms with van der Waals surface area (Å²) < 4.78 is 0. The van der Waals surface area contributed by atoms with E-state index in [9.17, 15) is 4.79 Å². The fraction of sp³-hybridized carbons (Fsp3) is 0.304. The second kappa shape index (κ2) is 8.30. The van der Waals surface area contributed by atoms with E-state index < -0.39 is 0 Å². The van der Waals surface area contributed by atoms with Crippen LogP contribution in [0.2, 0.25) is 0 Å². The highest BCUT2D eigenvalue weighted by atomic mass is 16.2. The third kappa shape index (κ3) is 3.79. The molecule has 0 fully saturated rings. The van der Waals surface area contributed by atoms with Crippen molar-refractivity contribution >= 4 is 23.1 Å². The second-order valence-electron chi connectivity index (χ2n) is 7.12. The van der Waals surface area contributed by atoms with E-state index in [4.69, 9.17) is 0 Å². The van der Waals surface area contributed by atoms with E-state index in [1.807, 2.05) is 36.2 Å². The quantitative estimate of drug-likeness (QED) is 0.661. The summed E-state index contributed by atoms with van der Waals surface area (Å²) in [6.45, 7) is 3.10. The Morgan fingerprint density at radius 2 is 1.89 bits per heavy atom. The lowest BCUT2D eigenvalue weighted by Crippen LogP contribution is -2.46. The SMILES string of the molecule is CN=C(NCCN1C(=O)Cc2ccccc21)N1CC=C(c2ccccc2)CC1. The Bertz CT molecular complexity index is 904. The van der Waals surface area contributed by atoms with Gasteiger partial charge in [0.2, 0.25) is 5.91 Å². The minimum atomic E-state index is 0.173. The Kier molecular flexibility index (Phi) is 5.42. The number of nitrogens with one attached hydrogen (secondary N) is 1. The zero-order valence-corrected chi connectivity index (χ0v) is 16.3. The fourth-order valence-corrected chi connectivity index (χ4v) is 3.95. The van der Waals surface area contributed by atoms with Crippen molar-refractivity contribution in [3.05, 3.63) is 71.8 Å². The molecule has 1 amide bonds. The van der Waals surface area contributed by atoms with Crippen molar-refractivity contribution in [1.82, 2.24) is 10.2 Å². The highest BCUT2D eigenvalue weighted by molar-refractivity contribution is 6.01. The maximum absolute atomic E-state index is 12.3. The van der Waals surface area contributed by atoms with Gasteiger partial charge in [0.1, 0.15) is 0 Å². The van der Waals surface area contributed by atoms with Gasteiger partial charge in [0.05, 0.1) is 6.42 Å². The first kappa shape index (κ1) is 18.3. The van der Waals surface area contributed by atoms with Crippen LogP contribution in [0.5, 0.6) is 0 Å². The topological polar surface area (TPSA) is 47.9 Å². The number of fused-ring (bicyclic) bond motifs is 1. The molecule has 0 bridgehead atoms. The van der Waals surface area contributed by atoms with Gasteiger partial charge in [0, 0.05) is 38.9 Å². The predicted molar refractivity (Wildman–Crippen MR) is 114 cm³/mol. The largest absolute Gasteiger partial charge is 0.354 e. The smallest absolute Gasteiger partial charge is 0.231 e. The molecule has 0 radical (unpaired) electrons. The van der Waals surface area contributed by atoms with Crippen molar-refractivity contribution < 1.29 is 4.79 Å². The molecule has 2 aliphatic rings. The predicted octanol–water partition coefficient (Wildman–Crippen LogP) is 2.94. The first-order valence-electron chi connectivity index (χ1n) is 9.84. The van der Waals surface area contributed by atoms with E-state index in [1.165, 1.54) is 11.1 Å². The fourth-order valence-electron chi connectivity index (χ4n) is 3.95. The van der Waals surface area contributed by atoms with Crippen molar-refractivity contribution in [3.63, 3.8) is 0 Å². The first-order valence-corrected chi connectivity index (χ1v) is 9.84. The molecule has 0 saturated heterocycles. The number of guanidine groups is 1. The Morgan fingerprint density at radius 1 is 1.11 bits per heavy atom. The summed E-state index contributed by atoms with van der Waals surface area (Å²) in [4.78, 5) is 20.9. The van der Waals surface area contributed by atoms with Crippen molar-refractivity contribution in [2.75, 3.05) is 38.1 Å². The molecule has 0 spiro atoms. The van der Waals surface area contributed by atoms with Gasteiger partial charge in [-0.1, -0.05) is 54.6 Å². The van der Waals surface area contributed by atoms with Crippen LogP contribution >= 0.6 is 0 Å². The number of nitrogens with zero attached hydrogens (tertiary/aromatic N) is 3. The number of carbonyl (C=O) groups is 1. The molecule has 1 N–H and O–H groups in total. The Morgan fingerprint density at radius 3 is 2.64 bits per heavy atom. The molecule has 0 aromatic heterocycles. The third-order valence-electron chi connectivity index (χ3n) is 5.41. The molecule has 0 unspecified atom stereocenters. The van der Waals surface area contributed by atoms with Gasteiger partial charge in [0.25, 0.3) is 0 Å². The number of amides is 1. The van der Waals surface area contributed by atoms with Crippen LogP contribution in [0.1, 0.15) is 17.5 Å². The Labute approximate surface area is 166 Å². The van der Waals surface area contributed by atoms with Crippen LogP contribution in [0, 0.1) is 0 Å². The summed E-state index contributed by atoms with van der Waals surface area (Å²) in [5.41, 5.74) is 4.85. The molecule has 5 heteroatoms. The minimum Gasteiger partial charge on any atom is -0.354 e. The van der Waals surface area contributed by atoms with Crippen LogP contribution in [-0.4, -0.2) is 50.0 Å². The number of anilines is 1. The van der Waals surface area contributed by atoms with Crippen LogP contribution in [0.3, 0.4) is 0 Å². The normalized spacial score (nSPS) is 16.8. The number of carbonyl (C=O) groups excluding carboxylic acids is 1. The van der Waals surface area contributed by atoms with Gasteiger partial charge in [-0.25, -0.2) is 0 Å². The average Bonchev–Trinajstić information content (AvgIpc) is 3.07. The minimum absolute atomic E-state index is 0.173. The average molecular weight is 374 g/mol.